The molecular formula is C22H22ClN5O2. The quantitative estimate of drug-likeness (QED) is 0.485. The maximum atomic E-state index is 11.7. The number of ether oxygens (including phenoxy) is 1. The molecule has 2 aromatic heterocycles. The minimum absolute atomic E-state index is 0.0241. The number of amides is 1. The molecule has 0 bridgehead atoms. The normalized spacial score (nSPS) is 12.1. The first-order valence-corrected chi connectivity index (χ1v) is 9.55. The number of likely N-dealkylation sites (N-methyl/N-ethyl adjacent to an activating group) is 1. The van der Waals surface area contributed by atoms with Crippen LogP contribution in [0.15, 0.2) is 53.7 Å². The fourth-order valence-electron chi connectivity index (χ4n) is 2.72. The summed E-state index contributed by atoms with van der Waals surface area (Å²) in [4.78, 5) is 26.0. The summed E-state index contributed by atoms with van der Waals surface area (Å²) in [6.45, 7) is -0.0241. The van der Waals surface area contributed by atoms with Crippen molar-refractivity contribution in [2.75, 3.05) is 27.7 Å². The van der Waals surface area contributed by atoms with Crippen molar-refractivity contribution >= 4 is 46.0 Å². The molecule has 1 aromatic carbocycles. The van der Waals surface area contributed by atoms with Gasteiger partial charge in [0.1, 0.15) is 10.9 Å². The molecule has 2 heterocycles. The van der Waals surface area contributed by atoms with Crippen LogP contribution in [0.5, 0.6) is 5.75 Å². The number of halogens is 1. The van der Waals surface area contributed by atoms with Crippen LogP contribution in [0.1, 0.15) is 11.1 Å². The Balaban J connectivity index is 1.92. The van der Waals surface area contributed by atoms with E-state index in [9.17, 15) is 4.79 Å². The van der Waals surface area contributed by atoms with E-state index < -0.39 is 0 Å². The topological polar surface area (TPSA) is 93.7 Å². The van der Waals surface area contributed by atoms with Gasteiger partial charge in [-0.3, -0.25) is 14.8 Å². The molecule has 154 valence electrons. The molecule has 0 aliphatic carbocycles. The fourth-order valence-corrected chi connectivity index (χ4v) is 2.87. The van der Waals surface area contributed by atoms with Crippen molar-refractivity contribution < 1.29 is 9.53 Å². The summed E-state index contributed by atoms with van der Waals surface area (Å²) < 4.78 is 5.51. The SMILES string of the molecule is CN=CC(=C(N)c1ccc(OCC(=O)N(C)C)cc1)c1cnc2ccc(Cl)nc2c1. The number of allylic oxidation sites excluding steroid dienone is 1. The van der Waals surface area contributed by atoms with E-state index in [-0.39, 0.29) is 12.5 Å². The first kappa shape index (κ1) is 21.3. The third-order valence-corrected chi connectivity index (χ3v) is 4.60. The van der Waals surface area contributed by atoms with Crippen LogP contribution in [0, 0.1) is 0 Å². The third kappa shape index (κ3) is 4.93. The number of benzene rings is 1. The van der Waals surface area contributed by atoms with Crippen molar-refractivity contribution in [2.24, 2.45) is 10.7 Å². The van der Waals surface area contributed by atoms with Gasteiger partial charge in [0.05, 0.1) is 11.0 Å². The number of rotatable bonds is 6. The molecule has 1 amide bonds. The number of hydrogen-bond donors (Lipinski definition) is 1. The lowest BCUT2D eigenvalue weighted by atomic mass is 10.0. The summed E-state index contributed by atoms with van der Waals surface area (Å²) in [7, 11) is 5.04. The second-order valence-corrected chi connectivity index (χ2v) is 7.10. The van der Waals surface area contributed by atoms with Gasteiger partial charge in [-0.05, 0) is 48.0 Å². The Labute approximate surface area is 179 Å². The van der Waals surface area contributed by atoms with E-state index in [1.54, 1.807) is 51.8 Å². The van der Waals surface area contributed by atoms with Gasteiger partial charge in [-0.15, -0.1) is 0 Å². The van der Waals surface area contributed by atoms with Crippen molar-refractivity contribution in [3.63, 3.8) is 0 Å². The molecule has 0 fully saturated rings. The van der Waals surface area contributed by atoms with Crippen LogP contribution in [0.25, 0.3) is 22.3 Å². The zero-order valence-electron chi connectivity index (χ0n) is 17.0. The molecule has 8 heteroatoms. The molecule has 0 saturated heterocycles. The highest BCUT2D eigenvalue weighted by Crippen LogP contribution is 2.25. The molecule has 3 rings (SSSR count). The molecule has 0 aliphatic rings. The van der Waals surface area contributed by atoms with Gasteiger partial charge in [-0.1, -0.05) is 11.6 Å². The minimum Gasteiger partial charge on any atom is -0.484 e. The lowest BCUT2D eigenvalue weighted by Crippen LogP contribution is -2.27. The molecule has 3 aromatic rings. The van der Waals surface area contributed by atoms with Crippen molar-refractivity contribution in [3.8, 4) is 5.75 Å². The third-order valence-electron chi connectivity index (χ3n) is 4.39. The average Bonchev–Trinajstić information content (AvgIpc) is 2.75. The Morgan fingerprint density at radius 3 is 2.57 bits per heavy atom. The lowest BCUT2D eigenvalue weighted by molar-refractivity contribution is -0.130. The molecule has 0 unspecified atom stereocenters. The van der Waals surface area contributed by atoms with Gasteiger partial charge < -0.3 is 15.4 Å². The number of pyridine rings is 2. The molecule has 7 nitrogen and oxygen atoms in total. The van der Waals surface area contributed by atoms with Crippen LogP contribution < -0.4 is 10.5 Å². The van der Waals surface area contributed by atoms with Gasteiger partial charge in [-0.25, -0.2) is 4.98 Å². The number of hydrogen-bond acceptors (Lipinski definition) is 6. The van der Waals surface area contributed by atoms with E-state index >= 15 is 0 Å². The molecule has 0 atom stereocenters. The zero-order valence-corrected chi connectivity index (χ0v) is 17.7. The molecule has 0 spiro atoms. The highest BCUT2D eigenvalue weighted by atomic mass is 35.5. The number of aliphatic imine (C=N–C) groups is 1. The summed E-state index contributed by atoms with van der Waals surface area (Å²) in [6.07, 6.45) is 3.41. The monoisotopic (exact) mass is 423 g/mol. The van der Waals surface area contributed by atoms with Gasteiger partial charge in [-0.2, -0.15) is 0 Å². The second-order valence-electron chi connectivity index (χ2n) is 6.71. The summed E-state index contributed by atoms with van der Waals surface area (Å²) >= 11 is 6.01. The smallest absolute Gasteiger partial charge is 0.259 e. The standard InChI is InChI=1S/C22H22ClN5O2/c1-25-12-17(15-10-19-18(26-11-15)8-9-20(23)27-19)22(24)14-4-6-16(7-5-14)30-13-21(29)28(2)3/h4-12H,13,24H2,1-3H3. The summed E-state index contributed by atoms with van der Waals surface area (Å²) in [5, 5.41) is 0.396. The Bertz CT molecular complexity index is 1120. The minimum atomic E-state index is -0.113. The van der Waals surface area contributed by atoms with Gasteiger partial charge in [0.15, 0.2) is 6.61 Å². The Morgan fingerprint density at radius 2 is 1.90 bits per heavy atom. The van der Waals surface area contributed by atoms with E-state index in [0.29, 0.717) is 27.7 Å². The highest BCUT2D eigenvalue weighted by Gasteiger charge is 2.11. The predicted octanol–water partition coefficient (Wildman–Crippen LogP) is 3.28. The zero-order chi connectivity index (χ0) is 21.7. The fraction of sp³-hybridized carbons (Fsp3) is 0.182. The Kier molecular flexibility index (Phi) is 6.64. The molecule has 2 N–H and O–H groups in total. The van der Waals surface area contributed by atoms with Crippen LogP contribution in [0.3, 0.4) is 0 Å². The van der Waals surface area contributed by atoms with Crippen molar-refractivity contribution in [1.82, 2.24) is 14.9 Å². The van der Waals surface area contributed by atoms with Crippen LogP contribution in [0.4, 0.5) is 0 Å². The summed E-state index contributed by atoms with van der Waals surface area (Å²) in [5.74, 6) is 0.469. The van der Waals surface area contributed by atoms with E-state index in [4.69, 9.17) is 22.1 Å². The highest BCUT2D eigenvalue weighted by molar-refractivity contribution is 6.29. The summed E-state index contributed by atoms with van der Waals surface area (Å²) in [6, 6.07) is 12.6. The van der Waals surface area contributed by atoms with E-state index in [0.717, 1.165) is 16.6 Å². The average molecular weight is 424 g/mol. The maximum absolute atomic E-state index is 11.7. The second kappa shape index (κ2) is 9.37. The number of carbonyl (C=O) groups is 1. The lowest BCUT2D eigenvalue weighted by Gasteiger charge is -2.12. The van der Waals surface area contributed by atoms with Crippen LogP contribution in [-0.4, -0.2) is 54.7 Å². The molecular weight excluding hydrogens is 402 g/mol. The Hall–Kier alpha value is -3.45. The largest absolute Gasteiger partial charge is 0.484 e. The van der Waals surface area contributed by atoms with Crippen molar-refractivity contribution in [3.05, 3.63) is 64.9 Å². The van der Waals surface area contributed by atoms with Gasteiger partial charge in [0, 0.05) is 50.4 Å². The van der Waals surface area contributed by atoms with Gasteiger partial charge >= 0.3 is 0 Å². The van der Waals surface area contributed by atoms with Crippen LogP contribution in [0.2, 0.25) is 5.15 Å². The molecule has 0 aliphatic heterocycles. The van der Waals surface area contributed by atoms with E-state index in [2.05, 4.69) is 15.0 Å². The maximum Gasteiger partial charge on any atom is 0.259 e. The number of nitrogens with zero attached hydrogens (tertiary/aromatic N) is 4. The predicted molar refractivity (Wildman–Crippen MR) is 121 cm³/mol. The Morgan fingerprint density at radius 1 is 1.17 bits per heavy atom. The van der Waals surface area contributed by atoms with Gasteiger partial charge in [0.2, 0.25) is 0 Å². The summed E-state index contributed by atoms with van der Waals surface area (Å²) in [5.41, 5.74) is 10.7. The van der Waals surface area contributed by atoms with E-state index in [1.165, 1.54) is 4.90 Å². The number of carbonyl (C=O) groups excluding carboxylic acids is 1. The molecule has 0 saturated carbocycles. The number of fused-ring (bicyclic) bond motifs is 1. The first-order valence-electron chi connectivity index (χ1n) is 9.17. The van der Waals surface area contributed by atoms with Crippen molar-refractivity contribution in [1.29, 1.82) is 0 Å². The van der Waals surface area contributed by atoms with Gasteiger partial charge in [0.25, 0.3) is 5.91 Å². The van der Waals surface area contributed by atoms with Crippen molar-refractivity contribution in [2.45, 2.75) is 0 Å². The molecule has 30 heavy (non-hydrogen) atoms. The number of nitrogens with two attached hydrogens (primary N) is 1. The first-order chi connectivity index (χ1) is 14.4. The molecule has 0 radical (unpaired) electrons. The van der Waals surface area contributed by atoms with E-state index in [1.807, 2.05) is 24.3 Å². The number of aromatic nitrogens is 2. The van der Waals surface area contributed by atoms with Crippen LogP contribution >= 0.6 is 11.6 Å². The van der Waals surface area contributed by atoms with Crippen LogP contribution in [-0.2, 0) is 4.79 Å².